The second-order valence-corrected chi connectivity index (χ2v) is 5.70. The van der Waals surface area contributed by atoms with Crippen LogP contribution in [0.1, 0.15) is 24.9 Å². The predicted molar refractivity (Wildman–Crippen MR) is 83.5 cm³/mol. The molecule has 0 bridgehead atoms. The first-order valence-corrected chi connectivity index (χ1v) is 7.17. The zero-order valence-electron chi connectivity index (χ0n) is 10.8. The van der Waals surface area contributed by atoms with Gasteiger partial charge in [-0.25, -0.2) is 0 Å². The largest absolute Gasteiger partial charge is 0.258 e. The molecule has 96 valence electrons. The number of nitrogens with zero attached hydrogens (tertiary/aromatic N) is 2. The molecule has 2 nitrogen and oxygen atoms in total. The summed E-state index contributed by atoms with van der Waals surface area (Å²) in [5.41, 5.74) is 3.62. The van der Waals surface area contributed by atoms with Crippen LogP contribution in [0.15, 0.2) is 64.2 Å². The van der Waals surface area contributed by atoms with Crippen LogP contribution in [0.3, 0.4) is 0 Å². The second kappa shape index (κ2) is 5.17. The maximum atomic E-state index is 4.68. The summed E-state index contributed by atoms with van der Waals surface area (Å²) in [5.74, 6) is 0. The normalized spacial score (nSPS) is 18.5. The number of benzene rings is 2. The van der Waals surface area contributed by atoms with Gasteiger partial charge in [0, 0.05) is 16.6 Å². The van der Waals surface area contributed by atoms with Crippen molar-refractivity contribution < 1.29 is 0 Å². The lowest BCUT2D eigenvalue weighted by Crippen LogP contribution is -2.18. The number of hydrogen-bond donors (Lipinski definition) is 0. The van der Waals surface area contributed by atoms with Gasteiger partial charge < -0.3 is 0 Å². The van der Waals surface area contributed by atoms with E-state index in [1.165, 1.54) is 11.3 Å². The third kappa shape index (κ3) is 2.56. The summed E-state index contributed by atoms with van der Waals surface area (Å²) in [6.07, 6.45) is 0.983. The van der Waals surface area contributed by atoms with Crippen LogP contribution in [0.2, 0.25) is 0 Å². The highest BCUT2D eigenvalue weighted by molar-refractivity contribution is 9.10. The van der Waals surface area contributed by atoms with Crippen LogP contribution < -0.4 is 5.01 Å². The Morgan fingerprint density at radius 3 is 2.42 bits per heavy atom. The summed E-state index contributed by atoms with van der Waals surface area (Å²) < 4.78 is 1.11. The quantitative estimate of drug-likeness (QED) is 0.779. The molecule has 1 aliphatic heterocycles. The van der Waals surface area contributed by atoms with Gasteiger partial charge in [-0.05, 0) is 36.8 Å². The molecule has 0 spiro atoms. The molecule has 2 aromatic rings. The van der Waals surface area contributed by atoms with Gasteiger partial charge in [-0.2, -0.15) is 5.10 Å². The molecule has 0 saturated heterocycles. The monoisotopic (exact) mass is 314 g/mol. The molecule has 1 unspecified atom stereocenters. The van der Waals surface area contributed by atoms with Crippen LogP contribution in [-0.2, 0) is 0 Å². The molecule has 0 aliphatic carbocycles. The Labute approximate surface area is 121 Å². The van der Waals surface area contributed by atoms with Crippen LogP contribution >= 0.6 is 15.9 Å². The van der Waals surface area contributed by atoms with Crippen LogP contribution in [0.4, 0.5) is 5.69 Å². The highest BCUT2D eigenvalue weighted by Gasteiger charge is 2.26. The van der Waals surface area contributed by atoms with Crippen LogP contribution in [0, 0.1) is 0 Å². The summed E-state index contributed by atoms with van der Waals surface area (Å²) in [4.78, 5) is 0. The first-order chi connectivity index (χ1) is 9.24. The molecule has 0 amide bonds. The molecule has 1 atom stereocenters. The number of hydrazone groups is 1. The Morgan fingerprint density at radius 1 is 1.05 bits per heavy atom. The standard InChI is InChI=1S/C16H15BrN2/c1-12-11-16(13-7-9-14(17)10-8-13)19(18-12)15-5-3-2-4-6-15/h2-10,16H,11H2,1H3. The third-order valence-corrected chi connectivity index (χ3v) is 3.87. The zero-order valence-corrected chi connectivity index (χ0v) is 12.3. The van der Waals surface area contributed by atoms with Gasteiger partial charge in [0.2, 0.25) is 0 Å². The molecule has 2 aromatic carbocycles. The van der Waals surface area contributed by atoms with E-state index < -0.39 is 0 Å². The second-order valence-electron chi connectivity index (χ2n) is 4.79. The minimum Gasteiger partial charge on any atom is -0.258 e. The Bertz CT molecular complexity index is 590. The van der Waals surface area contributed by atoms with Crippen molar-refractivity contribution in [1.82, 2.24) is 0 Å². The lowest BCUT2D eigenvalue weighted by Gasteiger charge is -2.24. The van der Waals surface area contributed by atoms with E-state index in [1.54, 1.807) is 0 Å². The summed E-state index contributed by atoms with van der Waals surface area (Å²) >= 11 is 3.48. The topological polar surface area (TPSA) is 15.6 Å². The number of anilines is 1. The molecule has 0 aromatic heterocycles. The summed E-state index contributed by atoms with van der Waals surface area (Å²) in [7, 11) is 0. The van der Waals surface area contributed by atoms with Gasteiger partial charge in [-0.1, -0.05) is 46.3 Å². The van der Waals surface area contributed by atoms with Crippen LogP contribution in [0.25, 0.3) is 0 Å². The fraction of sp³-hybridized carbons (Fsp3) is 0.188. The Balaban J connectivity index is 1.95. The zero-order chi connectivity index (χ0) is 13.2. The Morgan fingerprint density at radius 2 is 1.74 bits per heavy atom. The molecular weight excluding hydrogens is 300 g/mol. The van der Waals surface area contributed by atoms with E-state index in [-0.39, 0.29) is 0 Å². The molecule has 1 aliphatic rings. The first kappa shape index (κ1) is 12.4. The Kier molecular flexibility index (Phi) is 3.38. The van der Waals surface area contributed by atoms with E-state index in [1.807, 2.05) is 6.07 Å². The predicted octanol–water partition coefficient (Wildman–Crippen LogP) is 4.78. The van der Waals surface area contributed by atoms with E-state index >= 15 is 0 Å². The highest BCUT2D eigenvalue weighted by atomic mass is 79.9. The van der Waals surface area contributed by atoms with Crippen LogP contribution in [-0.4, -0.2) is 5.71 Å². The molecule has 0 saturated carbocycles. The summed E-state index contributed by atoms with van der Waals surface area (Å²) in [5, 5.41) is 6.80. The van der Waals surface area contributed by atoms with E-state index in [2.05, 4.69) is 81.5 Å². The number of rotatable bonds is 2. The minimum atomic E-state index is 0.301. The van der Waals surface area contributed by atoms with Gasteiger partial charge in [0.05, 0.1) is 11.7 Å². The van der Waals surface area contributed by atoms with Crippen molar-refractivity contribution in [3.05, 3.63) is 64.6 Å². The smallest absolute Gasteiger partial charge is 0.0828 e. The van der Waals surface area contributed by atoms with Crippen molar-refractivity contribution in [2.45, 2.75) is 19.4 Å². The van der Waals surface area contributed by atoms with E-state index in [9.17, 15) is 0 Å². The molecule has 0 radical (unpaired) electrons. The van der Waals surface area contributed by atoms with E-state index in [0.717, 1.165) is 16.6 Å². The van der Waals surface area contributed by atoms with Crippen molar-refractivity contribution >= 4 is 27.3 Å². The van der Waals surface area contributed by atoms with Crippen molar-refractivity contribution in [1.29, 1.82) is 0 Å². The number of hydrogen-bond acceptors (Lipinski definition) is 2. The van der Waals surface area contributed by atoms with Gasteiger partial charge in [-0.15, -0.1) is 0 Å². The van der Waals surface area contributed by atoms with Crippen LogP contribution in [0.5, 0.6) is 0 Å². The highest BCUT2D eigenvalue weighted by Crippen LogP contribution is 2.35. The molecule has 3 heteroatoms. The van der Waals surface area contributed by atoms with Gasteiger partial charge >= 0.3 is 0 Å². The average Bonchev–Trinajstić information content (AvgIpc) is 2.83. The molecule has 1 heterocycles. The van der Waals surface area contributed by atoms with Crippen molar-refractivity contribution in [2.75, 3.05) is 5.01 Å². The summed E-state index contributed by atoms with van der Waals surface area (Å²) in [6.45, 7) is 2.09. The summed E-state index contributed by atoms with van der Waals surface area (Å²) in [6, 6.07) is 19.2. The maximum Gasteiger partial charge on any atom is 0.0828 e. The lowest BCUT2D eigenvalue weighted by molar-refractivity contribution is 0.708. The SMILES string of the molecule is CC1=NN(c2ccccc2)C(c2ccc(Br)cc2)C1. The van der Waals surface area contributed by atoms with Gasteiger partial charge in [0.1, 0.15) is 0 Å². The van der Waals surface area contributed by atoms with Gasteiger partial charge in [0.15, 0.2) is 0 Å². The van der Waals surface area contributed by atoms with E-state index in [0.29, 0.717) is 6.04 Å². The number of halogens is 1. The van der Waals surface area contributed by atoms with Gasteiger partial charge in [-0.3, -0.25) is 5.01 Å². The first-order valence-electron chi connectivity index (χ1n) is 6.38. The van der Waals surface area contributed by atoms with E-state index in [4.69, 9.17) is 0 Å². The fourth-order valence-corrected chi connectivity index (χ4v) is 2.69. The fourth-order valence-electron chi connectivity index (χ4n) is 2.42. The Hall–Kier alpha value is -1.61. The lowest BCUT2D eigenvalue weighted by atomic mass is 10.0. The van der Waals surface area contributed by atoms with Crippen molar-refractivity contribution in [3.63, 3.8) is 0 Å². The molecule has 19 heavy (non-hydrogen) atoms. The molecular formula is C16H15BrN2. The maximum absolute atomic E-state index is 4.68. The molecule has 3 rings (SSSR count). The average molecular weight is 315 g/mol. The molecule has 0 N–H and O–H groups in total. The van der Waals surface area contributed by atoms with Crippen molar-refractivity contribution in [2.24, 2.45) is 5.10 Å². The number of para-hydroxylation sites is 1. The third-order valence-electron chi connectivity index (χ3n) is 3.34. The minimum absolute atomic E-state index is 0.301. The van der Waals surface area contributed by atoms with Crippen molar-refractivity contribution in [3.8, 4) is 0 Å². The molecule has 0 fully saturated rings. The van der Waals surface area contributed by atoms with Gasteiger partial charge in [0.25, 0.3) is 0 Å².